The molecule has 0 N–H and O–H groups in total. The average molecular weight is 80.1 g/mol. The molecule has 0 spiro atoms. The van der Waals surface area contributed by atoms with E-state index in [0.29, 0.717) is 0 Å². The third-order valence-electron chi connectivity index (χ3n) is 0.158. The van der Waals surface area contributed by atoms with Gasteiger partial charge in [-0.1, -0.05) is 5.70 Å². The zero-order valence-electron chi connectivity index (χ0n) is 2.60. The van der Waals surface area contributed by atoms with Gasteiger partial charge in [0.15, 0.2) is 0 Å². The highest BCUT2D eigenvalue weighted by Crippen LogP contribution is 1.52. The highest BCUT2D eigenvalue weighted by Gasteiger charge is 1.46. The molecule has 0 aromatic carbocycles. The van der Waals surface area contributed by atoms with Crippen LogP contribution in [0.3, 0.4) is 0 Å². The van der Waals surface area contributed by atoms with Crippen LogP contribution < -0.4 is 0 Å². The molecular formula is C3H2NSi. The van der Waals surface area contributed by atoms with Gasteiger partial charge in [0.1, 0.15) is 0 Å². The first kappa shape index (κ1) is 4.45. The molecule has 0 rings (SSSR count). The predicted octanol–water partition coefficient (Wildman–Crippen LogP) is 0.192. The second kappa shape index (κ2) is 3.45. The molecule has 0 heterocycles. The summed E-state index contributed by atoms with van der Waals surface area (Å²) in [5.41, 5.74) is 1.50. The maximum absolute atomic E-state index is 7.70. The maximum Gasteiger partial charge on any atom is 0.0904 e. The zero-order chi connectivity index (χ0) is 4.12. The topological polar surface area (TPSA) is 23.8 Å². The van der Waals surface area contributed by atoms with E-state index in [4.69, 9.17) is 5.26 Å². The lowest BCUT2D eigenvalue weighted by atomic mass is 10.7. The highest BCUT2D eigenvalue weighted by molar-refractivity contribution is 6.17. The Labute approximate surface area is 34.3 Å². The lowest BCUT2D eigenvalue weighted by Crippen LogP contribution is -1.44. The van der Waals surface area contributed by atoms with E-state index < -0.39 is 0 Å². The van der Waals surface area contributed by atoms with Crippen LogP contribution >= 0.6 is 0 Å². The predicted molar refractivity (Wildman–Crippen MR) is 20.5 cm³/mol. The molecule has 0 fully saturated rings. The van der Waals surface area contributed by atoms with Gasteiger partial charge in [0.05, 0.1) is 16.3 Å². The number of rotatable bonds is 0. The van der Waals surface area contributed by atoms with Crippen molar-refractivity contribution in [2.75, 3.05) is 0 Å². The van der Waals surface area contributed by atoms with Crippen molar-refractivity contribution in [3.05, 3.63) is 11.8 Å². The Morgan fingerprint density at radius 1 is 1.80 bits per heavy atom. The minimum Gasteiger partial charge on any atom is -0.193 e. The fraction of sp³-hybridized carbons (Fsp3) is 0. The summed E-state index contributed by atoms with van der Waals surface area (Å²) in [6.07, 6.45) is 1.34. The molecule has 23 valence electrons. The summed E-state index contributed by atoms with van der Waals surface area (Å²) >= 11 is 0. The summed E-state index contributed by atoms with van der Waals surface area (Å²) in [4.78, 5) is 0. The van der Waals surface area contributed by atoms with E-state index in [-0.39, 0.29) is 0 Å². The van der Waals surface area contributed by atoms with E-state index in [9.17, 15) is 0 Å². The molecule has 0 bridgehead atoms. The normalized spacial score (nSPS) is 8.00. The van der Waals surface area contributed by atoms with Gasteiger partial charge >= 0.3 is 0 Å². The molecule has 0 aliphatic heterocycles. The van der Waals surface area contributed by atoms with Gasteiger partial charge in [-0.15, -0.1) is 0 Å². The van der Waals surface area contributed by atoms with Crippen molar-refractivity contribution in [3.63, 3.8) is 0 Å². The molecule has 0 aliphatic carbocycles. The fourth-order valence-electron chi connectivity index (χ4n) is 0.0373. The Morgan fingerprint density at radius 3 is 2.40 bits per heavy atom. The fourth-order valence-corrected chi connectivity index (χ4v) is 0.112. The number of nitrogens with zero attached hydrogens (tertiary/aromatic N) is 1. The van der Waals surface area contributed by atoms with Crippen molar-refractivity contribution < 1.29 is 0 Å². The minimum atomic E-state index is 1.34. The number of hydrogen-bond donors (Lipinski definition) is 0. The minimum absolute atomic E-state index is 1.34. The molecule has 5 heavy (non-hydrogen) atoms. The molecule has 0 amide bonds. The molecule has 0 saturated carbocycles. The Bertz CT molecular complexity index is 69.5. The standard InChI is InChI=1S/C3H2NSi/c4-2-1-3-5/h1,3H/b3-1+. The zero-order valence-corrected chi connectivity index (χ0v) is 3.60. The Hall–Kier alpha value is -0.553. The molecule has 0 aliphatic rings. The smallest absolute Gasteiger partial charge is 0.0904 e. The van der Waals surface area contributed by atoms with Gasteiger partial charge < -0.3 is 0 Å². The second-order valence-electron chi connectivity index (χ2n) is 0.462. The summed E-state index contributed by atoms with van der Waals surface area (Å²) in [7, 11) is 2.95. The summed E-state index contributed by atoms with van der Waals surface area (Å²) in [5, 5.41) is 7.70. The van der Waals surface area contributed by atoms with Crippen LogP contribution in [-0.2, 0) is 0 Å². The first-order chi connectivity index (χ1) is 2.41. The van der Waals surface area contributed by atoms with Crippen molar-refractivity contribution in [2.24, 2.45) is 0 Å². The lowest BCUT2D eigenvalue weighted by Gasteiger charge is -1.46. The van der Waals surface area contributed by atoms with Crippen LogP contribution in [0.4, 0.5) is 0 Å². The quantitative estimate of drug-likeness (QED) is 0.301. The van der Waals surface area contributed by atoms with Crippen LogP contribution in [0, 0.1) is 11.3 Å². The molecule has 0 atom stereocenters. The van der Waals surface area contributed by atoms with Gasteiger partial charge in [-0.2, -0.15) is 5.26 Å². The largest absolute Gasteiger partial charge is 0.193 e. The molecule has 1 nitrogen and oxygen atoms in total. The maximum atomic E-state index is 7.70. The molecular weight excluding hydrogens is 78.1 g/mol. The number of hydrogen-bond acceptors (Lipinski definition) is 1. The van der Waals surface area contributed by atoms with Gasteiger partial charge in [-0.3, -0.25) is 0 Å². The monoisotopic (exact) mass is 80.0 g/mol. The van der Waals surface area contributed by atoms with Crippen molar-refractivity contribution in [1.82, 2.24) is 0 Å². The van der Waals surface area contributed by atoms with Crippen molar-refractivity contribution in [1.29, 1.82) is 5.26 Å². The number of allylic oxidation sites excluding steroid dienone is 1. The van der Waals surface area contributed by atoms with Crippen molar-refractivity contribution in [2.45, 2.75) is 0 Å². The molecule has 2 heteroatoms. The molecule has 0 saturated heterocycles. The Balaban J connectivity index is 3.04. The van der Waals surface area contributed by atoms with Gasteiger partial charge in [0.25, 0.3) is 0 Å². The Morgan fingerprint density at radius 2 is 2.40 bits per heavy atom. The van der Waals surface area contributed by atoms with Gasteiger partial charge in [-0.05, 0) is 0 Å². The van der Waals surface area contributed by atoms with Gasteiger partial charge in [-0.25, -0.2) is 0 Å². The molecule has 0 aromatic heterocycles. The van der Waals surface area contributed by atoms with Crippen LogP contribution in [-0.4, -0.2) is 10.2 Å². The first-order valence-corrected chi connectivity index (χ1v) is 1.71. The molecule has 0 unspecified atom stereocenters. The third-order valence-corrected chi connectivity index (χ3v) is 0.325. The van der Waals surface area contributed by atoms with Crippen LogP contribution in [0.5, 0.6) is 0 Å². The highest BCUT2D eigenvalue weighted by atomic mass is 28.1. The van der Waals surface area contributed by atoms with Crippen molar-refractivity contribution in [3.8, 4) is 6.07 Å². The average Bonchev–Trinajstić information content (AvgIpc) is 1.41. The Kier molecular flexibility index (Phi) is 3.07. The molecule has 3 radical (unpaired) electrons. The summed E-state index contributed by atoms with van der Waals surface area (Å²) in [6.45, 7) is 0. The lowest BCUT2D eigenvalue weighted by molar-refractivity contribution is 1.54. The van der Waals surface area contributed by atoms with Crippen LogP contribution in [0.2, 0.25) is 0 Å². The van der Waals surface area contributed by atoms with Crippen molar-refractivity contribution >= 4 is 10.2 Å². The summed E-state index contributed by atoms with van der Waals surface area (Å²) in [6, 6.07) is 1.79. The number of nitriles is 1. The van der Waals surface area contributed by atoms with Crippen LogP contribution in [0.25, 0.3) is 0 Å². The van der Waals surface area contributed by atoms with Gasteiger partial charge in [0, 0.05) is 6.08 Å². The summed E-state index contributed by atoms with van der Waals surface area (Å²) < 4.78 is 0. The first-order valence-electron chi connectivity index (χ1n) is 1.13. The van der Waals surface area contributed by atoms with E-state index in [1.807, 2.05) is 0 Å². The van der Waals surface area contributed by atoms with Crippen LogP contribution in [0.15, 0.2) is 11.8 Å². The van der Waals surface area contributed by atoms with E-state index in [0.717, 1.165) is 0 Å². The van der Waals surface area contributed by atoms with E-state index in [1.165, 1.54) is 11.8 Å². The van der Waals surface area contributed by atoms with E-state index in [2.05, 4.69) is 10.2 Å². The molecule has 0 aromatic rings. The van der Waals surface area contributed by atoms with E-state index in [1.54, 1.807) is 6.07 Å². The second-order valence-corrected chi connectivity index (χ2v) is 0.796. The summed E-state index contributed by atoms with van der Waals surface area (Å²) in [5.74, 6) is 0. The van der Waals surface area contributed by atoms with Crippen LogP contribution in [0.1, 0.15) is 0 Å². The van der Waals surface area contributed by atoms with E-state index >= 15 is 0 Å². The SMILES string of the molecule is N#C/C=C/[Si]. The third kappa shape index (κ3) is 3.45. The van der Waals surface area contributed by atoms with Gasteiger partial charge in [0.2, 0.25) is 0 Å².